The third kappa shape index (κ3) is 4.13. The molecule has 0 aliphatic heterocycles. The minimum Gasteiger partial charge on any atom is -0.337 e. The van der Waals surface area contributed by atoms with Crippen LogP contribution >= 0.6 is 11.6 Å². The number of nitrogens with zero attached hydrogens (tertiary/aromatic N) is 5. The van der Waals surface area contributed by atoms with Crippen LogP contribution in [-0.2, 0) is 12.7 Å². The van der Waals surface area contributed by atoms with Gasteiger partial charge in [-0.2, -0.15) is 18.3 Å². The minimum absolute atomic E-state index is 0.00683. The predicted octanol–water partition coefficient (Wildman–Crippen LogP) is 5.09. The zero-order valence-electron chi connectivity index (χ0n) is 15.8. The number of hydrogen-bond donors (Lipinski definition) is 1. The summed E-state index contributed by atoms with van der Waals surface area (Å²) in [7, 11) is 0. The number of benzene rings is 1. The molecule has 0 bridgehead atoms. The molecule has 32 heavy (non-hydrogen) atoms. The highest BCUT2D eigenvalue weighted by molar-refractivity contribution is 6.33. The van der Waals surface area contributed by atoms with Gasteiger partial charge in [-0.1, -0.05) is 11.6 Å². The Bertz CT molecular complexity index is 1300. The van der Waals surface area contributed by atoms with Crippen molar-refractivity contribution >= 4 is 35.0 Å². The predicted molar refractivity (Wildman–Crippen MR) is 105 cm³/mol. The quantitative estimate of drug-likeness (QED) is 0.314. The average molecular weight is 471 g/mol. The van der Waals surface area contributed by atoms with Gasteiger partial charge in [-0.3, -0.25) is 13.9 Å². The van der Waals surface area contributed by atoms with Gasteiger partial charge in [0.15, 0.2) is 23.4 Å². The summed E-state index contributed by atoms with van der Waals surface area (Å²) in [5.74, 6) is 0.196. The standard InChI is InChI=1S/C19H12ClF5N6O/c20-13-5-11(2-1-10(13)9-32)28-17-18-27-6-14(31(18)4-3-26-17)12-7-30(8-15(21)22)29-16(12)19(23,24)25/h1-7,9,15H,8H2,(H,26,28). The lowest BCUT2D eigenvalue weighted by Gasteiger charge is -2.09. The second-order valence-electron chi connectivity index (χ2n) is 6.59. The van der Waals surface area contributed by atoms with E-state index in [0.717, 1.165) is 6.20 Å². The Morgan fingerprint density at radius 2 is 2.00 bits per heavy atom. The summed E-state index contributed by atoms with van der Waals surface area (Å²) in [5.41, 5.74) is -0.789. The normalized spacial score (nSPS) is 12.0. The largest absolute Gasteiger partial charge is 0.435 e. The third-order valence-electron chi connectivity index (χ3n) is 4.45. The highest BCUT2D eigenvalue weighted by Gasteiger charge is 2.38. The van der Waals surface area contributed by atoms with Crippen LogP contribution in [0.2, 0.25) is 5.02 Å². The fourth-order valence-corrected chi connectivity index (χ4v) is 3.32. The van der Waals surface area contributed by atoms with Gasteiger partial charge in [0.25, 0.3) is 6.43 Å². The van der Waals surface area contributed by atoms with Crippen LogP contribution in [0.1, 0.15) is 16.1 Å². The number of hydrogen-bond acceptors (Lipinski definition) is 5. The summed E-state index contributed by atoms with van der Waals surface area (Å²) in [5, 5.41) is 6.44. The Labute approximate surface area is 181 Å². The molecule has 13 heteroatoms. The van der Waals surface area contributed by atoms with Gasteiger partial charge in [-0.25, -0.2) is 18.7 Å². The fourth-order valence-electron chi connectivity index (χ4n) is 3.10. The van der Waals surface area contributed by atoms with Crippen LogP contribution in [0.5, 0.6) is 0 Å². The fraction of sp³-hybridized carbons (Fsp3) is 0.158. The first kappa shape index (κ1) is 21.7. The summed E-state index contributed by atoms with van der Waals surface area (Å²) in [6, 6.07) is 4.54. The van der Waals surface area contributed by atoms with E-state index in [2.05, 4.69) is 20.4 Å². The molecule has 3 heterocycles. The van der Waals surface area contributed by atoms with Gasteiger partial charge in [0.2, 0.25) is 0 Å². The maximum Gasteiger partial charge on any atom is 0.435 e. The maximum atomic E-state index is 13.5. The minimum atomic E-state index is -4.86. The number of aromatic nitrogens is 5. The van der Waals surface area contributed by atoms with Crippen LogP contribution in [0.4, 0.5) is 33.5 Å². The van der Waals surface area contributed by atoms with Crippen LogP contribution in [0, 0.1) is 0 Å². The van der Waals surface area contributed by atoms with E-state index in [4.69, 9.17) is 11.6 Å². The van der Waals surface area contributed by atoms with Gasteiger partial charge in [-0.15, -0.1) is 0 Å². The molecule has 0 saturated heterocycles. The van der Waals surface area contributed by atoms with E-state index in [1.807, 2.05) is 0 Å². The van der Waals surface area contributed by atoms with Crippen molar-refractivity contribution in [1.29, 1.82) is 0 Å². The molecule has 0 spiro atoms. The van der Waals surface area contributed by atoms with E-state index in [9.17, 15) is 26.7 Å². The zero-order valence-corrected chi connectivity index (χ0v) is 16.6. The molecule has 0 radical (unpaired) electrons. The first-order chi connectivity index (χ1) is 15.2. The first-order valence-corrected chi connectivity index (χ1v) is 9.32. The SMILES string of the molecule is O=Cc1ccc(Nc2nccn3c(-c4cn(CC(F)F)nc4C(F)(F)F)cnc23)cc1Cl. The lowest BCUT2D eigenvalue weighted by atomic mass is 10.2. The molecule has 0 amide bonds. The number of nitrogens with one attached hydrogen (secondary N) is 1. The number of fused-ring (bicyclic) bond motifs is 1. The summed E-state index contributed by atoms with van der Waals surface area (Å²) < 4.78 is 67.8. The average Bonchev–Trinajstić information content (AvgIpc) is 3.32. The van der Waals surface area contributed by atoms with E-state index in [1.165, 1.54) is 35.1 Å². The molecule has 4 rings (SSSR count). The van der Waals surface area contributed by atoms with Crippen molar-refractivity contribution < 1.29 is 26.7 Å². The molecule has 1 N–H and O–H groups in total. The zero-order chi connectivity index (χ0) is 23.0. The van der Waals surface area contributed by atoms with Crippen molar-refractivity contribution in [2.75, 3.05) is 5.32 Å². The van der Waals surface area contributed by atoms with Crippen molar-refractivity contribution in [2.45, 2.75) is 19.1 Å². The van der Waals surface area contributed by atoms with Crippen molar-refractivity contribution in [2.24, 2.45) is 0 Å². The molecular weight excluding hydrogens is 459 g/mol. The second kappa shape index (κ2) is 8.19. The summed E-state index contributed by atoms with van der Waals surface area (Å²) in [6.07, 6.45) is -2.35. The van der Waals surface area contributed by atoms with Crippen molar-refractivity contribution in [3.05, 3.63) is 59.3 Å². The first-order valence-electron chi connectivity index (χ1n) is 8.94. The van der Waals surface area contributed by atoms with Crippen LogP contribution in [0.25, 0.3) is 16.9 Å². The van der Waals surface area contributed by atoms with E-state index >= 15 is 0 Å². The maximum absolute atomic E-state index is 13.5. The molecule has 166 valence electrons. The Kier molecular flexibility index (Phi) is 5.55. The van der Waals surface area contributed by atoms with Gasteiger partial charge in [-0.05, 0) is 18.2 Å². The molecule has 4 aromatic rings. The van der Waals surface area contributed by atoms with E-state index < -0.39 is 30.4 Å². The number of imidazole rings is 1. The lowest BCUT2D eigenvalue weighted by molar-refractivity contribution is -0.141. The van der Waals surface area contributed by atoms with Crippen molar-refractivity contribution in [3.8, 4) is 11.3 Å². The molecule has 0 atom stereocenters. The van der Waals surface area contributed by atoms with Gasteiger partial charge in [0.05, 0.1) is 22.5 Å². The number of rotatable bonds is 6. The molecule has 7 nitrogen and oxygen atoms in total. The van der Waals surface area contributed by atoms with Crippen molar-refractivity contribution in [1.82, 2.24) is 24.1 Å². The molecule has 0 fully saturated rings. The Morgan fingerprint density at radius 1 is 1.22 bits per heavy atom. The van der Waals surface area contributed by atoms with Gasteiger partial charge in [0.1, 0.15) is 6.54 Å². The molecule has 0 aliphatic carbocycles. The smallest absolute Gasteiger partial charge is 0.337 e. The summed E-state index contributed by atoms with van der Waals surface area (Å²) in [6.45, 7) is -0.980. The second-order valence-corrected chi connectivity index (χ2v) is 7.00. The summed E-state index contributed by atoms with van der Waals surface area (Å²) >= 11 is 6.01. The molecular formula is C19H12ClF5N6O. The molecule has 3 aromatic heterocycles. The van der Waals surface area contributed by atoms with Crippen molar-refractivity contribution in [3.63, 3.8) is 0 Å². The number of aldehydes is 1. The van der Waals surface area contributed by atoms with E-state index in [-0.39, 0.29) is 27.7 Å². The molecule has 0 saturated carbocycles. The Morgan fingerprint density at radius 3 is 2.66 bits per heavy atom. The third-order valence-corrected chi connectivity index (χ3v) is 4.78. The Hall–Kier alpha value is -3.54. The van der Waals surface area contributed by atoms with Crippen LogP contribution in [-0.4, -0.2) is 36.9 Å². The highest BCUT2D eigenvalue weighted by atomic mass is 35.5. The number of halogens is 6. The number of carbonyl (C=O) groups excluding carboxylic acids is 1. The van der Waals surface area contributed by atoms with E-state index in [1.54, 1.807) is 6.07 Å². The number of anilines is 2. The lowest BCUT2D eigenvalue weighted by Crippen LogP contribution is -2.11. The van der Waals surface area contributed by atoms with Gasteiger partial charge >= 0.3 is 6.18 Å². The molecule has 0 unspecified atom stereocenters. The van der Waals surface area contributed by atoms with Gasteiger partial charge < -0.3 is 5.32 Å². The topological polar surface area (TPSA) is 77.1 Å². The number of carbonyl (C=O) groups is 1. The van der Waals surface area contributed by atoms with Crippen LogP contribution in [0.15, 0.2) is 43.0 Å². The number of alkyl halides is 5. The van der Waals surface area contributed by atoms with Gasteiger partial charge in [0, 0.05) is 29.8 Å². The molecule has 0 aliphatic rings. The van der Waals surface area contributed by atoms with Crippen LogP contribution in [0.3, 0.4) is 0 Å². The van der Waals surface area contributed by atoms with Crippen LogP contribution < -0.4 is 5.32 Å². The van der Waals surface area contributed by atoms with E-state index in [0.29, 0.717) is 16.7 Å². The molecule has 1 aromatic carbocycles. The Balaban J connectivity index is 1.78. The summed E-state index contributed by atoms with van der Waals surface area (Å²) in [4.78, 5) is 19.2. The monoisotopic (exact) mass is 470 g/mol. The highest BCUT2D eigenvalue weighted by Crippen LogP contribution is 2.37.